The fraction of sp³-hybridized carbons (Fsp3) is 0.600. The fourth-order valence-electron chi connectivity index (χ4n) is 7.99. The maximum atomic E-state index is 14.2. The summed E-state index contributed by atoms with van der Waals surface area (Å²) in [6.07, 6.45) is -4.51. The van der Waals surface area contributed by atoms with E-state index in [2.05, 4.69) is 0 Å². The van der Waals surface area contributed by atoms with E-state index in [0.29, 0.717) is 49.5 Å². The van der Waals surface area contributed by atoms with Crippen molar-refractivity contribution in [3.63, 3.8) is 0 Å². The van der Waals surface area contributed by atoms with Gasteiger partial charge in [-0.2, -0.15) is 26.3 Å². The highest BCUT2D eigenvalue weighted by atomic mass is 19.4. The second kappa shape index (κ2) is 13.0. The molecule has 0 radical (unpaired) electrons. The predicted octanol–water partition coefficient (Wildman–Crippen LogP) is 9.50. The van der Waals surface area contributed by atoms with Gasteiger partial charge < -0.3 is 14.5 Å². The molecule has 1 saturated heterocycles. The molecule has 2 amide bonds. The Bertz CT molecular complexity index is 1460. The summed E-state index contributed by atoms with van der Waals surface area (Å²) in [5.41, 5.74) is -2.31. The van der Waals surface area contributed by atoms with Crippen LogP contribution in [-0.4, -0.2) is 42.0 Å². The fourth-order valence-corrected chi connectivity index (χ4v) is 7.99. The van der Waals surface area contributed by atoms with Crippen LogP contribution in [0.5, 0.6) is 0 Å². The number of piperidine rings is 1. The first kappa shape index (κ1) is 35.0. The molecule has 2 aliphatic carbocycles. The number of rotatable bonds is 6. The van der Waals surface area contributed by atoms with Gasteiger partial charge in [-0.05, 0) is 118 Å². The number of esters is 1. The summed E-state index contributed by atoms with van der Waals surface area (Å²) < 4.78 is 101. The second-order valence-corrected chi connectivity index (χ2v) is 13.6. The van der Waals surface area contributed by atoms with Crippen LogP contribution >= 0.6 is 0 Å². The molecule has 5 nitrogen and oxygen atoms in total. The number of aryl methyl sites for hydroxylation is 1. The summed E-state index contributed by atoms with van der Waals surface area (Å²) in [5.74, 6) is 0.0726. The third-order valence-electron chi connectivity index (χ3n) is 10.8. The quantitative estimate of drug-likeness (QED) is 0.227. The van der Waals surface area contributed by atoms with Crippen LogP contribution in [0.3, 0.4) is 0 Å². The molecular weight excluding hydrogens is 629 g/mol. The van der Waals surface area contributed by atoms with Gasteiger partial charge in [0.2, 0.25) is 0 Å². The van der Waals surface area contributed by atoms with Gasteiger partial charge in [-0.15, -0.1) is 0 Å². The number of amides is 2. The van der Waals surface area contributed by atoms with Crippen molar-refractivity contribution in [3.05, 3.63) is 70.0 Å². The summed E-state index contributed by atoms with van der Waals surface area (Å²) in [6, 6.07) is 3.50. The van der Waals surface area contributed by atoms with Crippen molar-refractivity contribution in [2.45, 2.75) is 90.2 Å². The van der Waals surface area contributed by atoms with Crippen LogP contribution in [0.25, 0.3) is 0 Å². The zero-order chi connectivity index (χ0) is 34.5. The summed E-state index contributed by atoms with van der Waals surface area (Å²) in [4.78, 5) is 29.9. The number of benzene rings is 2. The third kappa shape index (κ3) is 7.11. The molecule has 3 aliphatic rings. The number of nitrogens with zero attached hydrogens (tertiary/aromatic N) is 2. The van der Waals surface area contributed by atoms with E-state index in [4.69, 9.17) is 4.74 Å². The minimum Gasteiger partial charge on any atom is -0.466 e. The molecule has 6 atom stereocenters. The lowest BCUT2D eigenvalue weighted by molar-refractivity contribution is -0.151. The van der Waals surface area contributed by atoms with Gasteiger partial charge >= 0.3 is 24.4 Å². The van der Waals surface area contributed by atoms with Gasteiger partial charge in [-0.1, -0.05) is 18.9 Å². The Hall–Kier alpha value is -3.31. The molecule has 12 heteroatoms. The van der Waals surface area contributed by atoms with Crippen LogP contribution in [0.2, 0.25) is 0 Å². The first-order chi connectivity index (χ1) is 22.0. The van der Waals surface area contributed by atoms with Crippen molar-refractivity contribution in [2.75, 3.05) is 20.2 Å². The predicted molar refractivity (Wildman–Crippen MR) is 160 cm³/mol. The zero-order valence-electron chi connectivity index (χ0n) is 27.0. The van der Waals surface area contributed by atoms with E-state index in [-0.39, 0.29) is 36.0 Å². The van der Waals surface area contributed by atoms with Crippen LogP contribution in [0.1, 0.15) is 98.7 Å². The minimum absolute atomic E-state index is 0.0690. The molecule has 258 valence electrons. The molecule has 6 unspecified atom stereocenters. The van der Waals surface area contributed by atoms with Gasteiger partial charge in [0.05, 0.1) is 35.2 Å². The number of carbonyl (C=O) groups is 2. The van der Waals surface area contributed by atoms with Gasteiger partial charge in [0.15, 0.2) is 0 Å². The second-order valence-electron chi connectivity index (χ2n) is 13.6. The molecule has 0 N–H and O–H groups in total. The molecule has 2 aromatic rings. The van der Waals surface area contributed by atoms with E-state index in [1.807, 2.05) is 0 Å². The van der Waals surface area contributed by atoms with Crippen molar-refractivity contribution >= 4 is 12.0 Å². The Morgan fingerprint density at radius 2 is 1.64 bits per heavy atom. The molecule has 1 aliphatic heterocycles. The van der Waals surface area contributed by atoms with Gasteiger partial charge in [-0.25, -0.2) is 9.18 Å². The average molecular weight is 671 g/mol. The number of urea groups is 1. The van der Waals surface area contributed by atoms with Crippen molar-refractivity contribution in [1.82, 2.24) is 9.80 Å². The lowest BCUT2D eigenvalue weighted by Crippen LogP contribution is -2.48. The normalized spacial score (nSPS) is 27.0. The van der Waals surface area contributed by atoms with Gasteiger partial charge in [0, 0.05) is 13.6 Å². The first-order valence-electron chi connectivity index (χ1n) is 16.2. The highest BCUT2D eigenvalue weighted by molar-refractivity contribution is 5.80. The van der Waals surface area contributed by atoms with Crippen LogP contribution in [0, 0.1) is 35.9 Å². The summed E-state index contributed by atoms with van der Waals surface area (Å²) in [6.45, 7) is 5.53. The number of hydrogen-bond donors (Lipinski definition) is 0. The third-order valence-corrected chi connectivity index (χ3v) is 10.8. The smallest absolute Gasteiger partial charge is 0.416 e. The Morgan fingerprint density at radius 1 is 0.979 bits per heavy atom. The SMILES string of the molecule is CCOC(=O)C12CC(C3CCN(C(=O)N(C)C(C)c4cc(C(F)(F)F)cc(C(F)(F)F)c4)C(c4ccc(F)cc4C)C3)CCCC1C2. The molecule has 0 bridgehead atoms. The molecule has 3 fully saturated rings. The Morgan fingerprint density at radius 3 is 2.23 bits per heavy atom. The lowest BCUT2D eigenvalue weighted by atomic mass is 9.73. The molecule has 2 saturated carbocycles. The Kier molecular flexibility index (Phi) is 9.65. The molecule has 0 aromatic heterocycles. The number of likely N-dealkylation sites (tertiary alicyclic amines) is 1. The molecule has 5 rings (SSSR count). The van der Waals surface area contributed by atoms with Crippen LogP contribution < -0.4 is 0 Å². The van der Waals surface area contributed by atoms with E-state index < -0.39 is 52.8 Å². The topological polar surface area (TPSA) is 49.9 Å². The van der Waals surface area contributed by atoms with Crippen molar-refractivity contribution in [3.8, 4) is 0 Å². The number of fused-ring (bicyclic) bond motifs is 1. The Labute approximate surface area is 270 Å². The highest BCUT2D eigenvalue weighted by Crippen LogP contribution is 2.63. The number of alkyl halides is 6. The molecular formula is C35H41F7N2O3. The number of carbonyl (C=O) groups excluding carboxylic acids is 2. The van der Waals surface area contributed by atoms with E-state index in [9.17, 15) is 40.3 Å². The number of ether oxygens (including phenoxy) is 1. The lowest BCUT2D eigenvalue weighted by Gasteiger charge is -2.45. The maximum Gasteiger partial charge on any atom is 0.416 e. The molecule has 0 spiro atoms. The van der Waals surface area contributed by atoms with Crippen molar-refractivity contribution in [1.29, 1.82) is 0 Å². The largest absolute Gasteiger partial charge is 0.466 e. The maximum absolute atomic E-state index is 14.2. The first-order valence-corrected chi connectivity index (χ1v) is 16.2. The molecule has 1 heterocycles. The van der Waals surface area contributed by atoms with Crippen molar-refractivity contribution in [2.24, 2.45) is 23.2 Å². The van der Waals surface area contributed by atoms with E-state index in [1.54, 1.807) is 24.8 Å². The van der Waals surface area contributed by atoms with Crippen LogP contribution in [0.4, 0.5) is 35.5 Å². The standard InChI is InChI=1S/C35H41F7N2O3/c1-5-47-31(45)33-18-23(7-6-8-25(33)19-33)22-11-12-44(30(16-22)29-10-9-28(36)13-20(29)2)32(46)43(4)21(3)24-14-26(34(37,38)39)17-27(15-24)35(40,41)42/h9-10,13-15,17,21-23,25,30H,5-8,11-12,16,18-19H2,1-4H3. The van der Waals surface area contributed by atoms with Crippen LogP contribution in [0.15, 0.2) is 36.4 Å². The zero-order valence-corrected chi connectivity index (χ0v) is 27.0. The summed E-state index contributed by atoms with van der Waals surface area (Å²) >= 11 is 0. The molecule has 2 aromatic carbocycles. The molecule has 47 heavy (non-hydrogen) atoms. The van der Waals surface area contributed by atoms with Gasteiger partial charge in [0.25, 0.3) is 0 Å². The average Bonchev–Trinajstić information content (AvgIpc) is 3.74. The van der Waals surface area contributed by atoms with Crippen LogP contribution in [-0.2, 0) is 21.9 Å². The van der Waals surface area contributed by atoms with Crippen molar-refractivity contribution < 1.29 is 45.1 Å². The highest BCUT2D eigenvalue weighted by Gasteiger charge is 2.62. The minimum atomic E-state index is -5.02. The van der Waals surface area contributed by atoms with E-state index in [1.165, 1.54) is 26.1 Å². The number of hydrogen-bond acceptors (Lipinski definition) is 3. The van der Waals surface area contributed by atoms with Gasteiger partial charge in [-0.3, -0.25) is 4.79 Å². The monoisotopic (exact) mass is 670 g/mol. The summed E-state index contributed by atoms with van der Waals surface area (Å²) in [5, 5.41) is 0. The van der Waals surface area contributed by atoms with E-state index in [0.717, 1.165) is 36.1 Å². The Balaban J connectivity index is 1.43. The van der Waals surface area contributed by atoms with E-state index >= 15 is 0 Å². The summed E-state index contributed by atoms with van der Waals surface area (Å²) in [7, 11) is 1.36. The van der Waals surface area contributed by atoms with Gasteiger partial charge in [0.1, 0.15) is 5.82 Å². The number of halogens is 7.